The second-order valence-corrected chi connectivity index (χ2v) is 9.57. The molecule has 0 fully saturated rings. The first kappa shape index (κ1) is 24.7. The number of nitrogens with zero attached hydrogens (tertiary/aromatic N) is 2. The highest BCUT2D eigenvalue weighted by molar-refractivity contribution is 6.36. The minimum absolute atomic E-state index is 0.00241. The highest BCUT2D eigenvalue weighted by atomic mass is 35.5. The number of methoxy groups -OCH3 is 1. The average Bonchev–Trinajstić information content (AvgIpc) is 3.46. The Morgan fingerprint density at radius 3 is 2.36 bits per heavy atom. The number of aromatic carboxylic acids is 1. The van der Waals surface area contributed by atoms with Gasteiger partial charge in [0, 0.05) is 21.2 Å². The number of imide groups is 1. The molecule has 192 valence electrons. The fourth-order valence-corrected chi connectivity index (χ4v) is 5.05. The summed E-state index contributed by atoms with van der Waals surface area (Å²) in [6.07, 6.45) is 0. The molecule has 4 aromatic carbocycles. The molecule has 1 aliphatic heterocycles. The Kier molecular flexibility index (Phi) is 5.86. The number of aromatic nitrogens is 1. The standard InChI is InChI=1S/C29H16Cl2N2O6/c1-38-25-9-4-15(12-23(25)33-27(34)19-6-2-16(29(36)37)10-20(19)28(33)35)26-32-22-11-14(3-8-24(22)39-26)18-7-5-17(30)13-21(18)31/h2-13H,1H3,(H,36,37). The third-order valence-electron chi connectivity index (χ3n) is 6.43. The Bertz CT molecular complexity index is 1860. The zero-order valence-electron chi connectivity index (χ0n) is 20.1. The molecule has 0 radical (unpaired) electrons. The van der Waals surface area contributed by atoms with E-state index in [1.54, 1.807) is 36.4 Å². The van der Waals surface area contributed by atoms with Crippen LogP contribution < -0.4 is 9.64 Å². The molecule has 2 amide bonds. The molecule has 0 saturated carbocycles. The van der Waals surface area contributed by atoms with E-state index in [4.69, 9.17) is 32.4 Å². The number of benzene rings is 4. The summed E-state index contributed by atoms with van der Waals surface area (Å²) >= 11 is 12.4. The van der Waals surface area contributed by atoms with Gasteiger partial charge in [0.25, 0.3) is 11.8 Å². The van der Waals surface area contributed by atoms with Gasteiger partial charge >= 0.3 is 5.97 Å². The Morgan fingerprint density at radius 1 is 0.872 bits per heavy atom. The van der Waals surface area contributed by atoms with Crippen molar-refractivity contribution in [1.82, 2.24) is 4.98 Å². The first-order chi connectivity index (χ1) is 18.7. The maximum Gasteiger partial charge on any atom is 0.335 e. The Hall–Kier alpha value is -4.66. The number of fused-ring (bicyclic) bond motifs is 2. The van der Waals surface area contributed by atoms with Crippen molar-refractivity contribution in [1.29, 1.82) is 0 Å². The van der Waals surface area contributed by atoms with Crippen LogP contribution in [0.5, 0.6) is 5.75 Å². The van der Waals surface area contributed by atoms with E-state index >= 15 is 0 Å². The van der Waals surface area contributed by atoms with Gasteiger partial charge < -0.3 is 14.3 Å². The molecule has 1 aromatic heterocycles. The number of rotatable bonds is 5. The Balaban J connectivity index is 1.41. The van der Waals surface area contributed by atoms with Crippen molar-refractivity contribution < 1.29 is 28.6 Å². The maximum absolute atomic E-state index is 13.3. The van der Waals surface area contributed by atoms with Crippen LogP contribution in [-0.4, -0.2) is 35.0 Å². The van der Waals surface area contributed by atoms with Crippen LogP contribution in [0.4, 0.5) is 5.69 Å². The number of hydrogen-bond donors (Lipinski definition) is 1. The first-order valence-corrected chi connectivity index (χ1v) is 12.3. The molecule has 0 aliphatic carbocycles. The van der Waals surface area contributed by atoms with Crippen molar-refractivity contribution >= 4 is 57.8 Å². The molecule has 1 aliphatic rings. The molecule has 0 saturated heterocycles. The lowest BCUT2D eigenvalue weighted by Gasteiger charge is -2.18. The number of hydrogen-bond acceptors (Lipinski definition) is 6. The van der Waals surface area contributed by atoms with Gasteiger partial charge in [-0.15, -0.1) is 0 Å². The molecule has 0 spiro atoms. The zero-order valence-corrected chi connectivity index (χ0v) is 21.6. The van der Waals surface area contributed by atoms with Gasteiger partial charge in [-0.3, -0.25) is 9.59 Å². The van der Waals surface area contributed by atoms with E-state index in [0.29, 0.717) is 26.7 Å². The molecular formula is C29H16Cl2N2O6. The van der Waals surface area contributed by atoms with E-state index in [0.717, 1.165) is 16.0 Å². The van der Waals surface area contributed by atoms with Gasteiger partial charge in [-0.05, 0) is 66.2 Å². The summed E-state index contributed by atoms with van der Waals surface area (Å²) in [6.45, 7) is 0. The molecule has 10 heteroatoms. The lowest BCUT2D eigenvalue weighted by Crippen LogP contribution is -2.29. The van der Waals surface area contributed by atoms with Crippen LogP contribution in [0.3, 0.4) is 0 Å². The molecular weight excluding hydrogens is 543 g/mol. The summed E-state index contributed by atoms with van der Waals surface area (Å²) < 4.78 is 11.4. The van der Waals surface area contributed by atoms with Gasteiger partial charge in [0.2, 0.25) is 5.89 Å². The van der Waals surface area contributed by atoms with Gasteiger partial charge in [0.1, 0.15) is 11.3 Å². The van der Waals surface area contributed by atoms with Crippen molar-refractivity contribution in [3.63, 3.8) is 0 Å². The lowest BCUT2D eigenvalue weighted by molar-refractivity contribution is 0.0696. The van der Waals surface area contributed by atoms with Crippen LogP contribution in [0.1, 0.15) is 31.1 Å². The summed E-state index contributed by atoms with van der Waals surface area (Å²) in [5.41, 5.74) is 3.40. The maximum atomic E-state index is 13.3. The number of oxazole rings is 1. The molecule has 2 heterocycles. The summed E-state index contributed by atoms with van der Waals surface area (Å²) in [5.74, 6) is -1.92. The highest BCUT2D eigenvalue weighted by Gasteiger charge is 2.39. The molecule has 0 unspecified atom stereocenters. The van der Waals surface area contributed by atoms with E-state index in [1.807, 2.05) is 18.2 Å². The summed E-state index contributed by atoms with van der Waals surface area (Å²) in [7, 11) is 1.42. The molecule has 0 bridgehead atoms. The van der Waals surface area contributed by atoms with E-state index in [9.17, 15) is 19.5 Å². The topological polar surface area (TPSA) is 110 Å². The predicted octanol–water partition coefficient (Wildman–Crippen LogP) is 6.98. The van der Waals surface area contributed by atoms with Crippen molar-refractivity contribution in [3.8, 4) is 28.3 Å². The smallest absolute Gasteiger partial charge is 0.335 e. The minimum atomic E-state index is -1.20. The highest BCUT2D eigenvalue weighted by Crippen LogP contribution is 2.39. The van der Waals surface area contributed by atoms with Gasteiger partial charge in [-0.25, -0.2) is 14.7 Å². The number of halogens is 2. The summed E-state index contributed by atoms with van der Waals surface area (Å²) in [5, 5.41) is 10.3. The Labute approximate surface area is 231 Å². The first-order valence-electron chi connectivity index (χ1n) is 11.6. The molecule has 0 atom stereocenters. The van der Waals surface area contributed by atoms with E-state index < -0.39 is 17.8 Å². The third kappa shape index (κ3) is 4.10. The van der Waals surface area contributed by atoms with Crippen LogP contribution in [-0.2, 0) is 0 Å². The average molecular weight is 559 g/mol. The van der Waals surface area contributed by atoms with Crippen LogP contribution in [0.25, 0.3) is 33.7 Å². The van der Waals surface area contributed by atoms with Crippen molar-refractivity contribution in [2.45, 2.75) is 0 Å². The molecule has 8 nitrogen and oxygen atoms in total. The van der Waals surface area contributed by atoms with E-state index in [1.165, 1.54) is 25.3 Å². The second kappa shape index (κ2) is 9.27. The van der Waals surface area contributed by atoms with Gasteiger partial charge in [-0.2, -0.15) is 0 Å². The quantitative estimate of drug-likeness (QED) is 0.232. The second-order valence-electron chi connectivity index (χ2n) is 8.72. The lowest BCUT2D eigenvalue weighted by atomic mass is 10.1. The molecule has 6 rings (SSSR count). The van der Waals surface area contributed by atoms with Gasteiger partial charge in [-0.1, -0.05) is 35.3 Å². The number of amides is 2. The van der Waals surface area contributed by atoms with E-state index in [2.05, 4.69) is 4.98 Å². The number of carbonyl (C=O) groups excluding carboxylic acids is 2. The fourth-order valence-electron chi connectivity index (χ4n) is 4.53. The number of carbonyl (C=O) groups is 3. The third-order valence-corrected chi connectivity index (χ3v) is 6.98. The number of ether oxygens (including phenoxy) is 1. The molecule has 5 aromatic rings. The van der Waals surface area contributed by atoms with Crippen LogP contribution in [0.2, 0.25) is 10.0 Å². The largest absolute Gasteiger partial charge is 0.495 e. The van der Waals surface area contributed by atoms with Gasteiger partial charge in [0.05, 0.1) is 29.5 Å². The number of anilines is 1. The zero-order chi connectivity index (χ0) is 27.4. The van der Waals surface area contributed by atoms with Crippen LogP contribution in [0, 0.1) is 0 Å². The normalized spacial score (nSPS) is 12.7. The molecule has 39 heavy (non-hydrogen) atoms. The summed E-state index contributed by atoms with van der Waals surface area (Å²) in [6, 6.07) is 19.4. The SMILES string of the molecule is COc1ccc(-c2nc3cc(-c4ccc(Cl)cc4Cl)ccc3o2)cc1N1C(=O)c2ccc(C(=O)O)cc2C1=O. The number of carboxylic acid groups (broad SMARTS) is 1. The van der Waals surface area contributed by atoms with Crippen molar-refractivity contribution in [2.75, 3.05) is 12.0 Å². The van der Waals surface area contributed by atoms with Crippen LogP contribution in [0.15, 0.2) is 77.2 Å². The molecule has 1 N–H and O–H groups in total. The fraction of sp³-hybridized carbons (Fsp3) is 0.0345. The number of carboxylic acids is 1. The van der Waals surface area contributed by atoms with Crippen LogP contribution >= 0.6 is 23.2 Å². The predicted molar refractivity (Wildman–Crippen MR) is 146 cm³/mol. The van der Waals surface area contributed by atoms with Crippen molar-refractivity contribution in [2.24, 2.45) is 0 Å². The Morgan fingerprint density at radius 2 is 1.62 bits per heavy atom. The minimum Gasteiger partial charge on any atom is -0.495 e. The van der Waals surface area contributed by atoms with Gasteiger partial charge in [0.15, 0.2) is 5.58 Å². The van der Waals surface area contributed by atoms with Crippen molar-refractivity contribution in [3.05, 3.63) is 99.5 Å². The van der Waals surface area contributed by atoms with E-state index in [-0.39, 0.29) is 34.0 Å². The summed E-state index contributed by atoms with van der Waals surface area (Å²) in [4.78, 5) is 43.4. The monoisotopic (exact) mass is 558 g/mol.